The Balaban J connectivity index is 2.79. The molecule has 122 valence electrons. The molecule has 0 aliphatic heterocycles. The normalized spacial score (nSPS) is 11.6. The summed E-state index contributed by atoms with van der Waals surface area (Å²) in [6.07, 6.45) is -0.641. The molecule has 0 aliphatic carbocycles. The van der Waals surface area contributed by atoms with Gasteiger partial charge in [-0.2, -0.15) is 0 Å². The molecule has 0 spiro atoms. The van der Waals surface area contributed by atoms with Crippen molar-refractivity contribution in [2.45, 2.75) is 31.3 Å². The Bertz CT molecular complexity index is 643. The van der Waals surface area contributed by atoms with E-state index in [0.29, 0.717) is 5.69 Å². The Hall–Kier alpha value is -2.09. The van der Waals surface area contributed by atoms with Crippen molar-refractivity contribution in [3.05, 3.63) is 24.3 Å². The summed E-state index contributed by atoms with van der Waals surface area (Å²) in [6, 6.07) is 5.41. The van der Waals surface area contributed by atoms with Crippen molar-refractivity contribution in [1.82, 2.24) is 0 Å². The number of sulfone groups is 1. The minimum absolute atomic E-state index is 0.0346. The van der Waals surface area contributed by atoms with E-state index in [1.165, 1.54) is 24.3 Å². The van der Waals surface area contributed by atoms with Crippen LogP contribution in [0.1, 0.15) is 20.8 Å². The average molecular weight is 329 g/mol. The molecule has 7 nitrogen and oxygen atoms in total. The number of esters is 1. The maximum atomic E-state index is 11.9. The maximum Gasteiger partial charge on any atom is 0.412 e. The van der Waals surface area contributed by atoms with E-state index in [-0.39, 0.29) is 4.90 Å². The second-order valence-corrected chi connectivity index (χ2v) is 7.48. The number of rotatable bonds is 4. The van der Waals surface area contributed by atoms with Crippen LogP contribution in [0.5, 0.6) is 0 Å². The zero-order valence-electron chi connectivity index (χ0n) is 12.9. The van der Waals surface area contributed by atoms with Crippen LogP contribution in [0.2, 0.25) is 0 Å². The van der Waals surface area contributed by atoms with Gasteiger partial charge in [0.15, 0.2) is 15.6 Å². The number of carbonyl (C=O) groups is 2. The second-order valence-electron chi connectivity index (χ2n) is 5.49. The number of hydrogen-bond donors (Lipinski definition) is 1. The quantitative estimate of drug-likeness (QED) is 0.848. The first-order chi connectivity index (χ1) is 10.0. The van der Waals surface area contributed by atoms with Crippen LogP contribution in [-0.2, 0) is 24.1 Å². The van der Waals surface area contributed by atoms with Crippen LogP contribution in [-0.4, -0.2) is 38.9 Å². The third-order valence-electron chi connectivity index (χ3n) is 2.39. The molecule has 0 saturated carbocycles. The van der Waals surface area contributed by atoms with E-state index >= 15 is 0 Å². The number of nitrogens with one attached hydrogen (secondary N) is 1. The predicted octanol–water partition coefficient (Wildman–Crippen LogP) is 1.98. The van der Waals surface area contributed by atoms with Crippen molar-refractivity contribution in [2.75, 3.05) is 18.2 Å². The van der Waals surface area contributed by atoms with Gasteiger partial charge in [-0.05, 0) is 45.0 Å². The number of methoxy groups -OCH3 is 1. The second kappa shape index (κ2) is 6.78. The first kappa shape index (κ1) is 18.0. The lowest BCUT2D eigenvalue weighted by molar-refractivity contribution is -0.137. The lowest BCUT2D eigenvalue weighted by Crippen LogP contribution is -2.27. The summed E-state index contributed by atoms with van der Waals surface area (Å²) in [5.41, 5.74) is -0.250. The van der Waals surface area contributed by atoms with E-state index in [1.54, 1.807) is 20.8 Å². The molecule has 0 unspecified atom stereocenters. The summed E-state index contributed by atoms with van der Waals surface area (Å²) in [7, 11) is -2.65. The Kier molecular flexibility index (Phi) is 5.54. The topological polar surface area (TPSA) is 98.8 Å². The largest absolute Gasteiger partial charge is 0.468 e. The van der Waals surface area contributed by atoms with Gasteiger partial charge in [0.25, 0.3) is 0 Å². The molecule has 22 heavy (non-hydrogen) atoms. The number of amides is 1. The van der Waals surface area contributed by atoms with Gasteiger partial charge < -0.3 is 9.47 Å². The fourth-order valence-electron chi connectivity index (χ4n) is 1.46. The number of anilines is 1. The number of benzene rings is 1. The fourth-order valence-corrected chi connectivity index (χ4v) is 2.61. The van der Waals surface area contributed by atoms with Gasteiger partial charge in [0.05, 0.1) is 12.0 Å². The van der Waals surface area contributed by atoms with Crippen LogP contribution < -0.4 is 5.32 Å². The van der Waals surface area contributed by atoms with Gasteiger partial charge in [0.1, 0.15) is 5.60 Å². The molecular formula is C14H19NO6S. The van der Waals surface area contributed by atoms with Gasteiger partial charge in [0, 0.05) is 5.69 Å². The first-order valence-corrected chi connectivity index (χ1v) is 8.08. The van der Waals surface area contributed by atoms with E-state index < -0.39 is 33.3 Å². The highest BCUT2D eigenvalue weighted by molar-refractivity contribution is 7.92. The van der Waals surface area contributed by atoms with E-state index in [9.17, 15) is 18.0 Å². The number of hydrogen-bond acceptors (Lipinski definition) is 6. The summed E-state index contributed by atoms with van der Waals surface area (Å²) >= 11 is 0. The summed E-state index contributed by atoms with van der Waals surface area (Å²) in [5.74, 6) is -1.57. The van der Waals surface area contributed by atoms with E-state index in [4.69, 9.17) is 4.74 Å². The third-order valence-corrected chi connectivity index (χ3v) is 4.00. The van der Waals surface area contributed by atoms with Gasteiger partial charge in [-0.1, -0.05) is 0 Å². The molecule has 1 N–H and O–H groups in total. The first-order valence-electron chi connectivity index (χ1n) is 6.43. The molecule has 0 radical (unpaired) electrons. The molecule has 1 rings (SSSR count). The summed E-state index contributed by atoms with van der Waals surface area (Å²) in [6.45, 7) is 5.19. The zero-order valence-corrected chi connectivity index (χ0v) is 13.7. The van der Waals surface area contributed by atoms with Crippen LogP contribution in [0.25, 0.3) is 0 Å². The highest BCUT2D eigenvalue weighted by Crippen LogP contribution is 2.17. The summed E-state index contributed by atoms with van der Waals surface area (Å²) in [5, 5.41) is 2.48. The standard InChI is InChI=1S/C14H19NO6S/c1-14(2,3)21-13(17)15-10-5-7-11(8-6-10)22(18,19)9-12(16)20-4/h5-8H,9H2,1-4H3,(H,15,17). The van der Waals surface area contributed by atoms with Crippen LogP contribution >= 0.6 is 0 Å². The van der Waals surface area contributed by atoms with Gasteiger partial charge in [-0.25, -0.2) is 13.2 Å². The molecule has 0 saturated heterocycles. The van der Waals surface area contributed by atoms with Crippen molar-refractivity contribution in [3.8, 4) is 0 Å². The Labute approximate surface area is 129 Å². The van der Waals surface area contributed by atoms with Gasteiger partial charge in [-0.3, -0.25) is 10.1 Å². The van der Waals surface area contributed by atoms with Crippen LogP contribution in [0.15, 0.2) is 29.2 Å². The van der Waals surface area contributed by atoms with Crippen molar-refractivity contribution < 1.29 is 27.5 Å². The smallest absolute Gasteiger partial charge is 0.412 e. The predicted molar refractivity (Wildman–Crippen MR) is 80.4 cm³/mol. The summed E-state index contributed by atoms with van der Waals surface area (Å²) in [4.78, 5) is 22.6. The van der Waals surface area contributed by atoms with Crippen LogP contribution in [0, 0.1) is 0 Å². The van der Waals surface area contributed by atoms with Crippen LogP contribution in [0.3, 0.4) is 0 Å². The molecule has 0 atom stereocenters. The Morgan fingerprint density at radius 3 is 2.14 bits per heavy atom. The van der Waals surface area contributed by atoms with Crippen molar-refractivity contribution in [1.29, 1.82) is 0 Å². The molecule has 0 bridgehead atoms. The molecule has 0 fully saturated rings. The minimum atomic E-state index is -3.76. The Morgan fingerprint density at radius 1 is 1.14 bits per heavy atom. The number of ether oxygens (including phenoxy) is 2. The van der Waals surface area contributed by atoms with E-state index in [1.807, 2.05) is 0 Å². The average Bonchev–Trinajstić information content (AvgIpc) is 2.36. The molecule has 1 aromatic carbocycles. The molecule has 0 heterocycles. The molecule has 1 aromatic rings. The van der Waals surface area contributed by atoms with E-state index in [0.717, 1.165) is 7.11 Å². The Morgan fingerprint density at radius 2 is 1.68 bits per heavy atom. The third kappa shape index (κ3) is 5.72. The SMILES string of the molecule is COC(=O)CS(=O)(=O)c1ccc(NC(=O)OC(C)(C)C)cc1. The lowest BCUT2D eigenvalue weighted by Gasteiger charge is -2.19. The van der Waals surface area contributed by atoms with Crippen molar-refractivity contribution in [2.24, 2.45) is 0 Å². The van der Waals surface area contributed by atoms with Gasteiger partial charge in [-0.15, -0.1) is 0 Å². The minimum Gasteiger partial charge on any atom is -0.468 e. The lowest BCUT2D eigenvalue weighted by atomic mass is 10.2. The van der Waals surface area contributed by atoms with Crippen molar-refractivity contribution >= 4 is 27.6 Å². The monoisotopic (exact) mass is 329 g/mol. The van der Waals surface area contributed by atoms with Gasteiger partial charge in [0.2, 0.25) is 0 Å². The molecule has 0 aliphatic rings. The zero-order chi connectivity index (χ0) is 17.0. The van der Waals surface area contributed by atoms with E-state index in [2.05, 4.69) is 10.1 Å². The highest BCUT2D eigenvalue weighted by Gasteiger charge is 2.20. The van der Waals surface area contributed by atoms with Crippen LogP contribution in [0.4, 0.5) is 10.5 Å². The molecular weight excluding hydrogens is 310 g/mol. The van der Waals surface area contributed by atoms with Gasteiger partial charge >= 0.3 is 12.1 Å². The molecule has 8 heteroatoms. The fraction of sp³-hybridized carbons (Fsp3) is 0.429. The molecule has 1 amide bonds. The highest BCUT2D eigenvalue weighted by atomic mass is 32.2. The summed E-state index contributed by atoms with van der Waals surface area (Å²) < 4.78 is 33.2. The number of carbonyl (C=O) groups excluding carboxylic acids is 2. The van der Waals surface area contributed by atoms with Crippen molar-refractivity contribution in [3.63, 3.8) is 0 Å². The molecule has 0 aromatic heterocycles. The maximum absolute atomic E-state index is 11.9.